The van der Waals surface area contributed by atoms with Gasteiger partial charge < -0.3 is 37.2 Å². The molecule has 0 saturated heterocycles. The summed E-state index contributed by atoms with van der Waals surface area (Å²) >= 11 is 2.40. The first-order chi connectivity index (χ1) is 23.8. The van der Waals surface area contributed by atoms with Gasteiger partial charge in [0.15, 0.2) is 0 Å². The van der Waals surface area contributed by atoms with Gasteiger partial charge in [0.25, 0.3) is 0 Å². The number of halogens is 3. The average molecular weight is 870 g/mol. The Morgan fingerprint density at radius 2 is 0.696 bits per heavy atom. The van der Waals surface area contributed by atoms with Gasteiger partial charge in [-0.05, 0) is 0 Å². The predicted octanol–water partition coefficient (Wildman–Crippen LogP) is 3.67. The molecule has 1 atom stereocenters. The summed E-state index contributed by atoms with van der Waals surface area (Å²) in [5, 5.41) is 6.34. The SMILES string of the molecule is CCC(C)C1=C([Si](c2cc(C(C)(C)C)cc(C(C)(C)C)c2)(c2cc(C(C)(C)C)cc(C(C)(C)C)c2)c2cc(C(C)(C)C)cc(C(C)(C)C)c2)CC=[C]1[Ti+3].[Cl-].[Cl-].[Cl-]. The molecule has 0 fully saturated rings. The van der Waals surface area contributed by atoms with Gasteiger partial charge in [-0.1, -0.05) is 0 Å². The van der Waals surface area contributed by atoms with Crippen molar-refractivity contribution in [1.29, 1.82) is 0 Å². The van der Waals surface area contributed by atoms with Crippen LogP contribution in [-0.2, 0) is 52.9 Å². The molecule has 56 heavy (non-hydrogen) atoms. The molecule has 1 unspecified atom stereocenters. The van der Waals surface area contributed by atoms with E-state index in [0.717, 1.165) is 12.8 Å². The van der Waals surface area contributed by atoms with Crippen molar-refractivity contribution in [2.45, 2.75) is 184 Å². The van der Waals surface area contributed by atoms with Crippen molar-refractivity contribution in [2.75, 3.05) is 0 Å². The first-order valence-corrected chi connectivity index (χ1v) is 23.3. The molecule has 1 aliphatic rings. The predicted molar refractivity (Wildman–Crippen MR) is 235 cm³/mol. The van der Waals surface area contributed by atoms with Crippen LogP contribution in [0.2, 0.25) is 0 Å². The minimum absolute atomic E-state index is 0. The van der Waals surface area contributed by atoms with Crippen LogP contribution < -0.4 is 52.8 Å². The molecule has 3 aromatic carbocycles. The van der Waals surface area contributed by atoms with Crippen LogP contribution in [0.4, 0.5) is 0 Å². The van der Waals surface area contributed by atoms with Crippen LogP contribution >= 0.6 is 0 Å². The molecular weight excluding hydrogens is 795 g/mol. The van der Waals surface area contributed by atoms with Crippen LogP contribution in [0.1, 0.15) is 185 Å². The van der Waals surface area contributed by atoms with Gasteiger partial charge in [-0.3, -0.25) is 0 Å². The van der Waals surface area contributed by atoms with Gasteiger partial charge in [0, 0.05) is 0 Å². The number of rotatable bonds is 6. The van der Waals surface area contributed by atoms with Crippen molar-refractivity contribution in [1.82, 2.24) is 0 Å². The summed E-state index contributed by atoms with van der Waals surface area (Å²) in [6.07, 6.45) is 4.72. The maximum Gasteiger partial charge on any atom is -1.00 e. The molecule has 4 rings (SSSR count). The van der Waals surface area contributed by atoms with Gasteiger partial charge in [0.1, 0.15) is 0 Å². The Hall–Kier alpha value is -1.06. The van der Waals surface area contributed by atoms with Crippen molar-refractivity contribution in [3.63, 3.8) is 0 Å². The Kier molecular flexibility index (Phi) is 16.9. The first kappa shape index (κ1) is 53.0. The smallest absolute Gasteiger partial charge is 1.00 e. The van der Waals surface area contributed by atoms with E-state index >= 15 is 0 Å². The van der Waals surface area contributed by atoms with Crippen LogP contribution in [0.3, 0.4) is 0 Å². The molecule has 0 heterocycles. The summed E-state index contributed by atoms with van der Waals surface area (Å²) in [7, 11) is -3.01. The van der Waals surface area contributed by atoms with Gasteiger partial charge in [-0.25, -0.2) is 0 Å². The van der Waals surface area contributed by atoms with Crippen LogP contribution in [0.15, 0.2) is 75.3 Å². The molecule has 5 heteroatoms. The standard InChI is InChI=1S/C51H75Si.3ClH.Ti/c1-21-34(2)44-23-22-24-45(44)52(41-28-35(46(3,4)5)25-36(29-41)47(6,7)8,42-30-37(48(9,10)11)26-38(31-42)49(12,13)14)43-32-39(50(15,16)17)27-40(33-43)51(18,19)20;;;;/h22,25-34H,21,24H2,1-20H3;3*1H;/q;;;;+3/p-3. The minimum atomic E-state index is -3.01. The van der Waals surface area contributed by atoms with Crippen LogP contribution in [0, 0.1) is 5.92 Å². The van der Waals surface area contributed by atoms with Gasteiger partial charge in [-0.15, -0.1) is 0 Å². The number of hydrogen-bond donors (Lipinski definition) is 0. The minimum Gasteiger partial charge on any atom is -1.00 e. The average Bonchev–Trinajstić information content (AvgIpc) is 3.39. The summed E-state index contributed by atoms with van der Waals surface area (Å²) in [4.78, 5) is 0. The molecule has 0 nitrogen and oxygen atoms in total. The maximum absolute atomic E-state index is 3.01. The molecule has 3 aromatic rings. The number of allylic oxidation sites excluding steroid dienone is 4. The Bertz CT molecular complexity index is 1630. The molecule has 0 spiro atoms. The zero-order chi connectivity index (χ0) is 40.5. The molecule has 0 N–H and O–H groups in total. The monoisotopic (exact) mass is 868 g/mol. The van der Waals surface area contributed by atoms with E-state index in [2.05, 4.69) is 220 Å². The molecular formula is C51H75Cl3SiTi. The summed E-state index contributed by atoms with van der Waals surface area (Å²) in [5.41, 5.74) is 10.3. The zero-order valence-electron chi connectivity index (χ0n) is 38.9. The Morgan fingerprint density at radius 1 is 0.464 bits per heavy atom. The van der Waals surface area contributed by atoms with E-state index in [-0.39, 0.29) is 69.7 Å². The van der Waals surface area contributed by atoms with Crippen LogP contribution in [0.25, 0.3) is 0 Å². The van der Waals surface area contributed by atoms with Gasteiger partial charge in [0.05, 0.1) is 0 Å². The molecule has 0 aliphatic heterocycles. The fourth-order valence-electron chi connectivity index (χ4n) is 7.86. The maximum atomic E-state index is 2.68. The fraction of sp³-hybridized carbons (Fsp3) is 0.569. The number of benzene rings is 3. The normalized spacial score (nSPS) is 15.1. The Labute approximate surface area is 377 Å². The Balaban J connectivity index is 0.00000523. The van der Waals surface area contributed by atoms with Crippen molar-refractivity contribution in [2.24, 2.45) is 5.92 Å². The second kappa shape index (κ2) is 17.9. The summed E-state index contributed by atoms with van der Waals surface area (Å²) < 4.78 is 1.49. The fourth-order valence-corrected chi connectivity index (χ4v) is 14.3. The van der Waals surface area contributed by atoms with Gasteiger partial charge in [-0.2, -0.15) is 0 Å². The third kappa shape index (κ3) is 11.0. The summed E-state index contributed by atoms with van der Waals surface area (Å²) in [6, 6.07) is 23.7. The quantitative estimate of drug-likeness (QED) is 0.263. The van der Waals surface area contributed by atoms with E-state index in [9.17, 15) is 0 Å². The largest absolute Gasteiger partial charge is 1.00 e. The van der Waals surface area contributed by atoms with Gasteiger partial charge >= 0.3 is 342 Å². The first-order valence-electron chi connectivity index (χ1n) is 20.5. The second-order valence-electron chi connectivity index (χ2n) is 22.7. The molecule has 308 valence electrons. The van der Waals surface area contributed by atoms with Crippen molar-refractivity contribution >= 4 is 23.6 Å². The second-order valence-corrected chi connectivity index (χ2v) is 27.3. The van der Waals surface area contributed by atoms with Crippen molar-refractivity contribution in [3.05, 3.63) is 109 Å². The molecule has 0 bridgehead atoms. The molecule has 0 amide bonds. The zero-order valence-corrected chi connectivity index (χ0v) is 43.7. The molecule has 0 radical (unpaired) electrons. The van der Waals surface area contributed by atoms with Crippen LogP contribution in [0.5, 0.6) is 0 Å². The Morgan fingerprint density at radius 3 is 0.893 bits per heavy atom. The van der Waals surface area contributed by atoms with Crippen LogP contribution in [-0.4, -0.2) is 8.07 Å². The third-order valence-electron chi connectivity index (χ3n) is 12.0. The summed E-state index contributed by atoms with van der Waals surface area (Å²) in [5.74, 6) is 0.476. The van der Waals surface area contributed by atoms with E-state index in [1.165, 1.54) is 37.3 Å². The third-order valence-corrected chi connectivity index (χ3v) is 17.6. The van der Waals surface area contributed by atoms with E-state index in [4.69, 9.17) is 0 Å². The van der Waals surface area contributed by atoms with Gasteiger partial charge in [0.2, 0.25) is 0 Å². The van der Waals surface area contributed by atoms with E-state index < -0.39 is 8.07 Å². The van der Waals surface area contributed by atoms with Crippen molar-refractivity contribution in [3.8, 4) is 0 Å². The summed E-state index contributed by atoms with van der Waals surface area (Å²) in [6.45, 7) is 48.2. The van der Waals surface area contributed by atoms with E-state index in [1.54, 1.807) is 26.3 Å². The molecule has 0 saturated carbocycles. The molecule has 0 aromatic heterocycles. The number of hydrogen-bond acceptors (Lipinski definition) is 0. The van der Waals surface area contributed by atoms with E-state index in [1.807, 2.05) is 0 Å². The van der Waals surface area contributed by atoms with Crippen molar-refractivity contribution < 1.29 is 57.7 Å². The molecule has 1 aliphatic carbocycles. The topological polar surface area (TPSA) is 0 Å². The van der Waals surface area contributed by atoms with E-state index in [0.29, 0.717) is 5.92 Å².